The van der Waals surface area contributed by atoms with Crippen LogP contribution in [0.3, 0.4) is 0 Å². The van der Waals surface area contributed by atoms with Crippen LogP contribution in [-0.4, -0.2) is 31.2 Å². The Morgan fingerprint density at radius 3 is 2.50 bits per heavy atom. The Kier molecular flexibility index (Phi) is 3.74. The lowest BCUT2D eigenvalue weighted by Crippen LogP contribution is -2.34. The summed E-state index contributed by atoms with van der Waals surface area (Å²) in [4.78, 5) is 2.20. The maximum Gasteiger partial charge on any atom is 0.0642 e. The van der Waals surface area contributed by atoms with Crippen LogP contribution < -0.4 is 0 Å². The molecule has 86 valence electrons. The van der Waals surface area contributed by atoms with Crippen LogP contribution in [0.25, 0.3) is 5.70 Å². The van der Waals surface area contributed by atoms with E-state index in [-0.39, 0.29) is 0 Å². The van der Waals surface area contributed by atoms with Crippen molar-refractivity contribution in [1.29, 1.82) is 0 Å². The SMILES string of the molecule is C=C(c1ccc(Cl)c(Cl)c1)N1CCOCC1. The molecule has 0 radical (unpaired) electrons. The van der Waals surface area contributed by atoms with Crippen molar-refractivity contribution in [1.82, 2.24) is 4.90 Å². The molecule has 2 nitrogen and oxygen atoms in total. The average molecular weight is 258 g/mol. The molecule has 1 fully saturated rings. The Balaban J connectivity index is 2.16. The van der Waals surface area contributed by atoms with E-state index in [0.29, 0.717) is 10.0 Å². The van der Waals surface area contributed by atoms with Gasteiger partial charge in [0.25, 0.3) is 0 Å². The Hall–Kier alpha value is -0.700. The molecule has 0 bridgehead atoms. The van der Waals surface area contributed by atoms with Crippen molar-refractivity contribution in [2.24, 2.45) is 0 Å². The highest BCUT2D eigenvalue weighted by Crippen LogP contribution is 2.27. The van der Waals surface area contributed by atoms with Crippen LogP contribution >= 0.6 is 23.2 Å². The molecule has 0 N–H and O–H groups in total. The molecule has 1 saturated heterocycles. The van der Waals surface area contributed by atoms with Crippen LogP contribution in [0.4, 0.5) is 0 Å². The van der Waals surface area contributed by atoms with Gasteiger partial charge in [-0.2, -0.15) is 0 Å². The molecule has 1 aromatic rings. The molecule has 1 heterocycles. The highest BCUT2D eigenvalue weighted by atomic mass is 35.5. The van der Waals surface area contributed by atoms with Crippen molar-refractivity contribution >= 4 is 28.9 Å². The third kappa shape index (κ3) is 2.51. The number of benzene rings is 1. The van der Waals surface area contributed by atoms with Gasteiger partial charge in [-0.15, -0.1) is 0 Å². The Morgan fingerprint density at radius 2 is 1.88 bits per heavy atom. The second kappa shape index (κ2) is 5.09. The molecule has 1 aliphatic heterocycles. The second-order valence-electron chi connectivity index (χ2n) is 3.68. The third-order valence-corrected chi connectivity index (χ3v) is 3.38. The summed E-state index contributed by atoms with van der Waals surface area (Å²) in [5, 5.41) is 1.13. The van der Waals surface area contributed by atoms with E-state index < -0.39 is 0 Å². The third-order valence-electron chi connectivity index (χ3n) is 2.65. The van der Waals surface area contributed by atoms with Crippen LogP contribution in [0.15, 0.2) is 24.8 Å². The van der Waals surface area contributed by atoms with Gasteiger partial charge in [0.2, 0.25) is 0 Å². The van der Waals surface area contributed by atoms with E-state index in [1.54, 1.807) is 6.07 Å². The molecule has 4 heteroatoms. The molecule has 0 saturated carbocycles. The molecular formula is C12H13Cl2NO. The summed E-state index contributed by atoms with van der Waals surface area (Å²) in [6.45, 7) is 7.34. The zero-order chi connectivity index (χ0) is 11.5. The monoisotopic (exact) mass is 257 g/mol. The summed E-state index contributed by atoms with van der Waals surface area (Å²) >= 11 is 11.9. The van der Waals surface area contributed by atoms with Crippen LogP contribution in [0.5, 0.6) is 0 Å². The number of hydrogen-bond donors (Lipinski definition) is 0. The standard InChI is InChI=1S/C12H13Cl2NO/c1-9(15-4-6-16-7-5-15)10-2-3-11(13)12(14)8-10/h2-3,8H,1,4-7H2. The molecule has 1 aromatic carbocycles. The normalized spacial score (nSPS) is 16.2. The quantitative estimate of drug-likeness (QED) is 0.807. The fraction of sp³-hybridized carbons (Fsp3) is 0.333. The number of morpholine rings is 1. The van der Waals surface area contributed by atoms with E-state index >= 15 is 0 Å². The molecule has 0 unspecified atom stereocenters. The van der Waals surface area contributed by atoms with E-state index in [2.05, 4.69) is 11.5 Å². The first-order valence-electron chi connectivity index (χ1n) is 5.15. The van der Waals surface area contributed by atoms with Gasteiger partial charge in [-0.05, 0) is 17.7 Å². The van der Waals surface area contributed by atoms with Gasteiger partial charge in [-0.25, -0.2) is 0 Å². The molecule has 16 heavy (non-hydrogen) atoms. The fourth-order valence-corrected chi connectivity index (χ4v) is 1.99. The molecule has 0 atom stereocenters. The summed E-state index contributed by atoms with van der Waals surface area (Å²) in [6.07, 6.45) is 0. The number of halogens is 2. The van der Waals surface area contributed by atoms with Gasteiger partial charge in [0, 0.05) is 18.8 Å². The van der Waals surface area contributed by atoms with Crippen molar-refractivity contribution < 1.29 is 4.74 Å². The number of ether oxygens (including phenoxy) is 1. The van der Waals surface area contributed by atoms with Crippen LogP contribution in [0, 0.1) is 0 Å². The Bertz CT molecular complexity index is 400. The molecule has 0 aromatic heterocycles. The highest BCUT2D eigenvalue weighted by molar-refractivity contribution is 6.42. The van der Waals surface area contributed by atoms with Crippen molar-refractivity contribution in [3.63, 3.8) is 0 Å². The zero-order valence-corrected chi connectivity index (χ0v) is 10.4. The topological polar surface area (TPSA) is 12.5 Å². The average Bonchev–Trinajstić information content (AvgIpc) is 2.33. The highest BCUT2D eigenvalue weighted by Gasteiger charge is 2.14. The molecule has 0 aliphatic carbocycles. The lowest BCUT2D eigenvalue weighted by molar-refractivity contribution is 0.0641. The van der Waals surface area contributed by atoms with Gasteiger partial charge in [-0.1, -0.05) is 35.8 Å². The van der Waals surface area contributed by atoms with E-state index in [4.69, 9.17) is 27.9 Å². The largest absolute Gasteiger partial charge is 0.378 e. The minimum atomic E-state index is 0.563. The Morgan fingerprint density at radius 1 is 1.19 bits per heavy atom. The maximum absolute atomic E-state index is 5.98. The van der Waals surface area contributed by atoms with Crippen LogP contribution in [-0.2, 0) is 4.74 Å². The molecular weight excluding hydrogens is 245 g/mol. The van der Waals surface area contributed by atoms with Crippen molar-refractivity contribution in [3.8, 4) is 0 Å². The predicted molar refractivity (Wildman–Crippen MR) is 67.9 cm³/mol. The van der Waals surface area contributed by atoms with E-state index in [1.165, 1.54) is 0 Å². The number of hydrogen-bond acceptors (Lipinski definition) is 2. The lowest BCUT2D eigenvalue weighted by Gasteiger charge is -2.30. The molecule has 0 amide bonds. The Labute approximate surface area is 105 Å². The summed E-state index contributed by atoms with van der Waals surface area (Å²) in [5.74, 6) is 0. The summed E-state index contributed by atoms with van der Waals surface area (Å²) in [6, 6.07) is 5.58. The minimum absolute atomic E-state index is 0.563. The van der Waals surface area contributed by atoms with Gasteiger partial charge < -0.3 is 9.64 Å². The van der Waals surface area contributed by atoms with Gasteiger partial charge in [-0.3, -0.25) is 0 Å². The first-order chi connectivity index (χ1) is 7.68. The van der Waals surface area contributed by atoms with Gasteiger partial charge >= 0.3 is 0 Å². The second-order valence-corrected chi connectivity index (χ2v) is 4.49. The minimum Gasteiger partial charge on any atom is -0.378 e. The smallest absolute Gasteiger partial charge is 0.0642 e. The van der Waals surface area contributed by atoms with E-state index in [9.17, 15) is 0 Å². The van der Waals surface area contributed by atoms with E-state index in [1.807, 2.05) is 12.1 Å². The van der Waals surface area contributed by atoms with Gasteiger partial charge in [0.15, 0.2) is 0 Å². The zero-order valence-electron chi connectivity index (χ0n) is 8.88. The first kappa shape index (κ1) is 11.8. The number of rotatable bonds is 2. The summed E-state index contributed by atoms with van der Waals surface area (Å²) in [7, 11) is 0. The van der Waals surface area contributed by atoms with Crippen molar-refractivity contribution in [3.05, 3.63) is 40.4 Å². The fourth-order valence-electron chi connectivity index (χ4n) is 1.69. The maximum atomic E-state index is 5.98. The van der Waals surface area contributed by atoms with Gasteiger partial charge in [0.05, 0.1) is 23.3 Å². The molecule has 1 aliphatic rings. The van der Waals surface area contributed by atoms with Crippen molar-refractivity contribution in [2.45, 2.75) is 0 Å². The predicted octanol–water partition coefficient (Wildman–Crippen LogP) is 3.30. The van der Waals surface area contributed by atoms with E-state index in [0.717, 1.165) is 37.6 Å². The molecule has 2 rings (SSSR count). The summed E-state index contributed by atoms with van der Waals surface area (Å²) < 4.78 is 5.30. The van der Waals surface area contributed by atoms with Crippen molar-refractivity contribution in [2.75, 3.05) is 26.3 Å². The molecule has 0 spiro atoms. The van der Waals surface area contributed by atoms with Crippen LogP contribution in [0.2, 0.25) is 10.0 Å². The number of nitrogens with zero attached hydrogens (tertiary/aromatic N) is 1. The first-order valence-corrected chi connectivity index (χ1v) is 5.91. The lowest BCUT2D eigenvalue weighted by atomic mass is 10.1. The van der Waals surface area contributed by atoms with Gasteiger partial charge in [0.1, 0.15) is 0 Å². The summed E-state index contributed by atoms with van der Waals surface area (Å²) in [5.41, 5.74) is 1.98. The van der Waals surface area contributed by atoms with Crippen LogP contribution in [0.1, 0.15) is 5.56 Å².